The van der Waals surface area contributed by atoms with Gasteiger partial charge in [-0.25, -0.2) is 0 Å². The highest BCUT2D eigenvalue weighted by molar-refractivity contribution is 9.23. The van der Waals surface area contributed by atoms with Crippen molar-refractivity contribution in [3.8, 4) is 0 Å². The molecule has 0 amide bonds. The Morgan fingerprint density at radius 1 is 2.00 bits per heavy atom. The van der Waals surface area contributed by atoms with Gasteiger partial charge in [0.1, 0.15) is 0 Å². The van der Waals surface area contributed by atoms with E-state index in [0.717, 1.165) is 0 Å². The molecular weight excluding hydrogens is 117 g/mol. The van der Waals surface area contributed by atoms with Crippen molar-refractivity contribution in [1.29, 1.82) is 0 Å². The second-order valence-corrected chi connectivity index (χ2v) is 0.856. The van der Waals surface area contributed by atoms with E-state index in [4.69, 9.17) is 0 Å². The highest BCUT2D eigenvalue weighted by Gasteiger charge is 1.61. The molecule has 0 atom stereocenters. The first-order valence-corrected chi connectivity index (χ1v) is 1.92. The van der Waals surface area contributed by atoms with Crippen molar-refractivity contribution < 1.29 is 0 Å². The molecule has 1 nitrogen and oxygen atoms in total. The van der Waals surface area contributed by atoms with Crippen LogP contribution < -0.4 is 5.23 Å². The SMILES string of the molecule is CN[B]Br. The lowest BCUT2D eigenvalue weighted by molar-refractivity contribution is 1.27. The molecule has 0 aromatic rings. The molecule has 0 aromatic heterocycles. The van der Waals surface area contributed by atoms with E-state index in [-0.39, 0.29) is 0 Å². The molecule has 0 aromatic carbocycles. The summed E-state index contributed by atoms with van der Waals surface area (Å²) in [4.78, 5) is 0. The van der Waals surface area contributed by atoms with Crippen LogP contribution in [0.15, 0.2) is 0 Å². The Morgan fingerprint density at radius 2 is 2.25 bits per heavy atom. The largest absolute Gasteiger partial charge is 0.353 e. The van der Waals surface area contributed by atoms with E-state index < -0.39 is 0 Å². The number of hydrogen-bond acceptors (Lipinski definition) is 1. The molecule has 0 aliphatic heterocycles. The van der Waals surface area contributed by atoms with Crippen molar-refractivity contribution in [3.63, 3.8) is 0 Å². The van der Waals surface area contributed by atoms with Gasteiger partial charge in [-0.15, -0.1) is 15.8 Å². The lowest BCUT2D eigenvalue weighted by Crippen LogP contribution is -2.03. The van der Waals surface area contributed by atoms with E-state index in [0.29, 0.717) is 0 Å². The van der Waals surface area contributed by atoms with E-state index in [1.807, 2.05) is 7.05 Å². The summed E-state index contributed by atoms with van der Waals surface area (Å²) in [6, 6.07) is 0. The lowest BCUT2D eigenvalue weighted by Gasteiger charge is -1.69. The van der Waals surface area contributed by atoms with Gasteiger partial charge in [0.25, 0.3) is 6.24 Å². The maximum atomic E-state index is 3.01. The molecule has 1 radical (unpaired) electrons. The van der Waals surface area contributed by atoms with Crippen LogP contribution in [0.3, 0.4) is 0 Å². The van der Waals surface area contributed by atoms with Gasteiger partial charge in [-0.1, -0.05) is 0 Å². The topological polar surface area (TPSA) is 12.0 Å². The molecule has 4 heavy (non-hydrogen) atoms. The van der Waals surface area contributed by atoms with Crippen LogP contribution in [0.25, 0.3) is 0 Å². The molecule has 0 bridgehead atoms. The minimum atomic E-state index is 1.69. The highest BCUT2D eigenvalue weighted by Crippen LogP contribution is 1.57. The number of rotatable bonds is 1. The maximum absolute atomic E-state index is 3.01. The molecule has 0 aliphatic rings. The summed E-state index contributed by atoms with van der Waals surface area (Å²) in [5, 5.41) is 2.72. The fraction of sp³-hybridized carbons (Fsp3) is 1.00. The van der Waals surface area contributed by atoms with Gasteiger partial charge >= 0.3 is 0 Å². The Balaban J connectivity index is 1.97. The van der Waals surface area contributed by atoms with Crippen LogP contribution in [-0.2, 0) is 0 Å². The third-order valence-electron chi connectivity index (χ3n) is 0.109. The molecule has 0 heterocycles. The van der Waals surface area contributed by atoms with Crippen molar-refractivity contribution in [2.24, 2.45) is 0 Å². The molecule has 0 saturated carbocycles. The van der Waals surface area contributed by atoms with Crippen LogP contribution >= 0.6 is 15.8 Å². The average molecular weight is 121 g/mol. The van der Waals surface area contributed by atoms with Gasteiger partial charge in [0.05, 0.1) is 0 Å². The molecule has 1 N–H and O–H groups in total. The van der Waals surface area contributed by atoms with Crippen LogP contribution in [0.4, 0.5) is 0 Å². The minimum absolute atomic E-state index is 1.69. The number of hydrogen-bond donors (Lipinski definition) is 1. The summed E-state index contributed by atoms with van der Waals surface area (Å²) in [5.74, 6) is 0. The predicted molar refractivity (Wildman–Crippen MR) is 23.7 cm³/mol. The Hall–Kier alpha value is 0.505. The molecule has 0 saturated heterocycles. The second kappa shape index (κ2) is 3.50. The van der Waals surface area contributed by atoms with Crippen LogP contribution in [0.1, 0.15) is 0 Å². The van der Waals surface area contributed by atoms with Crippen LogP contribution in [0.2, 0.25) is 0 Å². The highest BCUT2D eigenvalue weighted by atomic mass is 79.9. The monoisotopic (exact) mass is 120 g/mol. The summed E-state index contributed by atoms with van der Waals surface area (Å²) in [7, 11) is 1.83. The summed E-state index contributed by atoms with van der Waals surface area (Å²) in [6.07, 6.45) is 1.69. The van der Waals surface area contributed by atoms with E-state index in [9.17, 15) is 0 Å². The van der Waals surface area contributed by atoms with Crippen molar-refractivity contribution in [1.82, 2.24) is 5.23 Å². The van der Waals surface area contributed by atoms with E-state index in [1.54, 1.807) is 6.24 Å². The first-order valence-electron chi connectivity index (χ1n) is 1.01. The van der Waals surface area contributed by atoms with E-state index >= 15 is 0 Å². The third kappa shape index (κ3) is 2.50. The maximum Gasteiger partial charge on any atom is 0.298 e. The number of nitrogens with one attached hydrogen (secondary N) is 1. The van der Waals surface area contributed by atoms with Gasteiger partial charge in [-0.3, -0.25) is 0 Å². The zero-order chi connectivity index (χ0) is 3.41. The van der Waals surface area contributed by atoms with Crippen molar-refractivity contribution >= 4 is 22.0 Å². The van der Waals surface area contributed by atoms with Crippen molar-refractivity contribution in [2.75, 3.05) is 7.05 Å². The normalized spacial score (nSPS) is 6.50. The van der Waals surface area contributed by atoms with Crippen LogP contribution in [-0.4, -0.2) is 13.3 Å². The van der Waals surface area contributed by atoms with Gasteiger partial charge in [0.2, 0.25) is 0 Å². The standard InChI is InChI=1S/CH4BBrN/c1-4-2-3/h4H,1H3. The van der Waals surface area contributed by atoms with Gasteiger partial charge in [-0.05, 0) is 7.05 Å². The Kier molecular flexibility index (Phi) is 3.95. The molecular formula is CH4BBrN. The molecule has 0 rings (SSSR count). The summed E-state index contributed by atoms with van der Waals surface area (Å²) in [6.45, 7) is 0. The van der Waals surface area contributed by atoms with Crippen molar-refractivity contribution in [3.05, 3.63) is 0 Å². The molecule has 0 fully saturated rings. The summed E-state index contributed by atoms with van der Waals surface area (Å²) < 4.78 is 0. The van der Waals surface area contributed by atoms with Crippen LogP contribution in [0.5, 0.6) is 0 Å². The lowest BCUT2D eigenvalue weighted by atomic mass is 10.5. The third-order valence-corrected chi connectivity index (χ3v) is 0.567. The zero-order valence-corrected chi connectivity index (χ0v) is 4.04. The van der Waals surface area contributed by atoms with Gasteiger partial charge in [0, 0.05) is 0 Å². The van der Waals surface area contributed by atoms with E-state index in [1.165, 1.54) is 0 Å². The smallest absolute Gasteiger partial charge is 0.298 e. The minimum Gasteiger partial charge on any atom is -0.353 e. The van der Waals surface area contributed by atoms with Crippen molar-refractivity contribution in [2.45, 2.75) is 0 Å². The molecule has 0 unspecified atom stereocenters. The fourth-order valence-electron chi connectivity index (χ4n) is 0. The molecule has 3 heteroatoms. The first kappa shape index (κ1) is 4.50. The summed E-state index contributed by atoms with van der Waals surface area (Å²) in [5.41, 5.74) is 0. The quantitative estimate of drug-likeness (QED) is 0.486. The van der Waals surface area contributed by atoms with Crippen LogP contribution in [0, 0.1) is 0 Å². The Labute approximate surface area is 35.0 Å². The first-order chi connectivity index (χ1) is 1.91. The second-order valence-electron chi connectivity index (χ2n) is 0.398. The number of halogens is 1. The van der Waals surface area contributed by atoms with Gasteiger partial charge in [0.15, 0.2) is 0 Å². The molecule has 0 spiro atoms. The predicted octanol–water partition coefficient (Wildman–Crippen LogP) is 0.135. The van der Waals surface area contributed by atoms with Gasteiger partial charge < -0.3 is 5.23 Å². The average Bonchev–Trinajstić information content (AvgIpc) is 1.37. The van der Waals surface area contributed by atoms with E-state index in [2.05, 4.69) is 21.0 Å². The molecule has 23 valence electrons. The fourth-order valence-corrected chi connectivity index (χ4v) is 0. The Morgan fingerprint density at radius 3 is 2.25 bits per heavy atom. The van der Waals surface area contributed by atoms with Gasteiger partial charge in [-0.2, -0.15) is 0 Å². The summed E-state index contributed by atoms with van der Waals surface area (Å²) >= 11 is 3.01. The Bertz CT molecular complexity index is 10.0. The molecule has 0 aliphatic carbocycles. The zero-order valence-electron chi connectivity index (χ0n) is 2.46.